The lowest BCUT2D eigenvalue weighted by molar-refractivity contribution is -0.136. The van der Waals surface area contributed by atoms with Crippen LogP contribution < -0.4 is 0 Å². The molecule has 0 aliphatic rings. The Morgan fingerprint density at radius 3 is 2.37 bits per heavy atom. The molecule has 0 fully saturated rings. The zero-order chi connectivity index (χ0) is 14.0. The minimum atomic E-state index is -0.896. The van der Waals surface area contributed by atoms with Gasteiger partial charge in [0.25, 0.3) is 0 Å². The zero-order valence-electron chi connectivity index (χ0n) is 10.5. The summed E-state index contributed by atoms with van der Waals surface area (Å²) in [6.45, 7) is 3.54. The number of nitrogens with zero attached hydrogens (tertiary/aromatic N) is 3. The van der Waals surface area contributed by atoms with E-state index in [1.807, 2.05) is 0 Å². The average Bonchev–Trinajstić information content (AvgIpc) is 2.34. The van der Waals surface area contributed by atoms with Gasteiger partial charge in [0.2, 0.25) is 0 Å². The fourth-order valence-electron chi connectivity index (χ4n) is 1.77. The van der Waals surface area contributed by atoms with Gasteiger partial charge in [-0.2, -0.15) is 0 Å². The highest BCUT2D eigenvalue weighted by Crippen LogP contribution is 2.18. The second-order valence-corrected chi connectivity index (χ2v) is 4.57. The van der Waals surface area contributed by atoms with Crippen molar-refractivity contribution in [2.24, 2.45) is 0 Å². The molecular weight excluding hydrogens is 266 g/mol. The van der Waals surface area contributed by atoms with Crippen molar-refractivity contribution in [2.45, 2.75) is 20.3 Å². The molecule has 0 amide bonds. The van der Waals surface area contributed by atoms with Gasteiger partial charge >= 0.3 is 5.97 Å². The van der Waals surface area contributed by atoms with Crippen LogP contribution in [-0.4, -0.2) is 26.0 Å². The minimum Gasteiger partial charge on any atom is -0.481 e. The fourth-order valence-corrected chi connectivity index (χ4v) is 1.88. The summed E-state index contributed by atoms with van der Waals surface area (Å²) >= 11 is 5.78. The molecular formula is C13H12ClN3O2. The molecule has 0 aliphatic carbocycles. The van der Waals surface area contributed by atoms with Crippen LogP contribution in [0.1, 0.15) is 17.0 Å². The number of aromatic nitrogens is 3. The monoisotopic (exact) mass is 277 g/mol. The number of halogens is 1. The van der Waals surface area contributed by atoms with E-state index in [0.717, 1.165) is 0 Å². The van der Waals surface area contributed by atoms with Gasteiger partial charge in [-0.1, -0.05) is 11.6 Å². The second-order valence-electron chi connectivity index (χ2n) is 4.13. The molecule has 0 aliphatic heterocycles. The number of aryl methyl sites for hydroxylation is 2. The number of carbonyl (C=O) groups is 1. The van der Waals surface area contributed by atoms with E-state index in [2.05, 4.69) is 15.0 Å². The third kappa shape index (κ3) is 3.06. The average molecular weight is 278 g/mol. The molecule has 0 radical (unpaired) electrons. The Hall–Kier alpha value is -2.01. The summed E-state index contributed by atoms with van der Waals surface area (Å²) in [7, 11) is 0. The van der Waals surface area contributed by atoms with Gasteiger partial charge in [0, 0.05) is 23.1 Å². The topological polar surface area (TPSA) is 76.0 Å². The van der Waals surface area contributed by atoms with E-state index in [0.29, 0.717) is 33.5 Å². The number of rotatable bonds is 3. The molecule has 0 saturated heterocycles. The van der Waals surface area contributed by atoms with Crippen molar-refractivity contribution in [1.29, 1.82) is 0 Å². The number of carboxylic acids is 1. The SMILES string of the molecule is Cc1nc(-c2ccc(Cl)cn2)nc(C)c1CC(=O)O. The molecule has 0 unspecified atom stereocenters. The largest absolute Gasteiger partial charge is 0.481 e. The molecule has 0 aromatic carbocycles. The van der Waals surface area contributed by atoms with Crippen molar-refractivity contribution in [3.05, 3.63) is 40.3 Å². The molecule has 0 bridgehead atoms. The lowest BCUT2D eigenvalue weighted by Crippen LogP contribution is -2.08. The molecule has 2 rings (SSSR count). The molecule has 0 spiro atoms. The molecule has 5 nitrogen and oxygen atoms in total. The Morgan fingerprint density at radius 2 is 1.89 bits per heavy atom. The molecule has 98 valence electrons. The van der Waals surface area contributed by atoms with Gasteiger partial charge in [-0.25, -0.2) is 9.97 Å². The van der Waals surface area contributed by atoms with Gasteiger partial charge < -0.3 is 5.11 Å². The highest BCUT2D eigenvalue weighted by Gasteiger charge is 2.13. The van der Waals surface area contributed by atoms with E-state index < -0.39 is 5.97 Å². The molecule has 6 heteroatoms. The van der Waals surface area contributed by atoms with Gasteiger partial charge in [0.1, 0.15) is 5.69 Å². The Kier molecular flexibility index (Phi) is 3.76. The van der Waals surface area contributed by atoms with Gasteiger partial charge in [0.15, 0.2) is 5.82 Å². The van der Waals surface area contributed by atoms with E-state index in [1.165, 1.54) is 6.20 Å². The highest BCUT2D eigenvalue weighted by atomic mass is 35.5. The first-order chi connectivity index (χ1) is 8.97. The summed E-state index contributed by atoms with van der Waals surface area (Å²) in [4.78, 5) is 23.5. The fraction of sp³-hybridized carbons (Fsp3) is 0.231. The molecule has 2 aromatic rings. The third-order valence-corrected chi connectivity index (χ3v) is 2.93. The van der Waals surface area contributed by atoms with Crippen LogP contribution >= 0.6 is 11.6 Å². The molecule has 0 saturated carbocycles. The number of hydrogen-bond acceptors (Lipinski definition) is 4. The normalized spacial score (nSPS) is 10.5. The maximum Gasteiger partial charge on any atom is 0.307 e. The first-order valence-corrected chi connectivity index (χ1v) is 6.03. The Morgan fingerprint density at radius 1 is 1.26 bits per heavy atom. The Bertz CT molecular complexity index is 603. The highest BCUT2D eigenvalue weighted by molar-refractivity contribution is 6.30. The van der Waals surface area contributed by atoms with Crippen LogP contribution in [0.15, 0.2) is 18.3 Å². The summed E-state index contributed by atoms with van der Waals surface area (Å²) in [6, 6.07) is 3.44. The van der Waals surface area contributed by atoms with Crippen molar-refractivity contribution in [3.8, 4) is 11.5 Å². The molecule has 2 aromatic heterocycles. The van der Waals surface area contributed by atoms with Crippen molar-refractivity contribution >= 4 is 17.6 Å². The van der Waals surface area contributed by atoms with Crippen molar-refractivity contribution in [2.75, 3.05) is 0 Å². The van der Waals surface area contributed by atoms with Crippen LogP contribution in [0.4, 0.5) is 0 Å². The number of pyridine rings is 1. The van der Waals surface area contributed by atoms with Crippen LogP contribution in [-0.2, 0) is 11.2 Å². The molecule has 2 heterocycles. The second kappa shape index (κ2) is 5.32. The summed E-state index contributed by atoms with van der Waals surface area (Å²) in [5, 5.41) is 9.39. The van der Waals surface area contributed by atoms with E-state index in [9.17, 15) is 4.79 Å². The van der Waals surface area contributed by atoms with E-state index in [1.54, 1.807) is 26.0 Å². The van der Waals surface area contributed by atoms with Crippen molar-refractivity contribution in [3.63, 3.8) is 0 Å². The van der Waals surface area contributed by atoms with Crippen LogP contribution in [0, 0.1) is 13.8 Å². The summed E-state index contributed by atoms with van der Waals surface area (Å²) < 4.78 is 0. The first kappa shape index (κ1) is 13.4. The van der Waals surface area contributed by atoms with Crippen molar-refractivity contribution < 1.29 is 9.90 Å². The lowest BCUT2D eigenvalue weighted by Gasteiger charge is -2.08. The third-order valence-electron chi connectivity index (χ3n) is 2.71. The molecule has 0 atom stereocenters. The molecule has 19 heavy (non-hydrogen) atoms. The van der Waals surface area contributed by atoms with Crippen LogP contribution in [0.5, 0.6) is 0 Å². The maximum atomic E-state index is 10.8. The van der Waals surface area contributed by atoms with E-state index in [4.69, 9.17) is 16.7 Å². The van der Waals surface area contributed by atoms with Crippen LogP contribution in [0.25, 0.3) is 11.5 Å². The predicted octanol–water partition coefficient (Wildman–Crippen LogP) is 2.44. The van der Waals surface area contributed by atoms with Gasteiger partial charge in [-0.3, -0.25) is 9.78 Å². The van der Waals surface area contributed by atoms with Crippen LogP contribution in [0.2, 0.25) is 5.02 Å². The number of aliphatic carboxylic acids is 1. The first-order valence-electron chi connectivity index (χ1n) is 5.65. The zero-order valence-corrected chi connectivity index (χ0v) is 11.3. The lowest BCUT2D eigenvalue weighted by atomic mass is 10.1. The number of hydrogen-bond donors (Lipinski definition) is 1. The van der Waals surface area contributed by atoms with Crippen molar-refractivity contribution in [1.82, 2.24) is 15.0 Å². The summed E-state index contributed by atoms with van der Waals surface area (Å²) in [6.07, 6.45) is 1.45. The van der Waals surface area contributed by atoms with Gasteiger partial charge in [-0.15, -0.1) is 0 Å². The van der Waals surface area contributed by atoms with Crippen LogP contribution in [0.3, 0.4) is 0 Å². The Labute approximate surface area is 115 Å². The predicted molar refractivity (Wildman–Crippen MR) is 71.1 cm³/mol. The summed E-state index contributed by atoms with van der Waals surface area (Å²) in [5.41, 5.74) is 2.56. The standard InChI is InChI=1S/C13H12ClN3O2/c1-7-10(5-12(18)19)8(2)17-13(16-7)11-4-3-9(14)6-15-11/h3-4,6H,5H2,1-2H3,(H,18,19). The number of carboxylic acid groups (broad SMARTS) is 1. The quantitative estimate of drug-likeness (QED) is 0.932. The Balaban J connectivity index is 2.44. The smallest absolute Gasteiger partial charge is 0.307 e. The summed E-state index contributed by atoms with van der Waals surface area (Å²) in [5.74, 6) is -0.423. The molecule has 1 N–H and O–H groups in total. The maximum absolute atomic E-state index is 10.8. The minimum absolute atomic E-state index is 0.0774. The van der Waals surface area contributed by atoms with Gasteiger partial charge in [-0.05, 0) is 26.0 Å². The van der Waals surface area contributed by atoms with Gasteiger partial charge in [0.05, 0.1) is 11.4 Å². The van der Waals surface area contributed by atoms with E-state index in [-0.39, 0.29) is 6.42 Å². The van der Waals surface area contributed by atoms with E-state index >= 15 is 0 Å².